The smallest absolute Gasteiger partial charge is 0.231 e. The Balaban J connectivity index is 1.45. The number of nitrogens with zero attached hydrogens (tertiary/aromatic N) is 2. The van der Waals surface area contributed by atoms with Crippen LogP contribution in [0.4, 0.5) is 0 Å². The van der Waals surface area contributed by atoms with Crippen molar-refractivity contribution in [2.45, 2.75) is 13.1 Å². The molecule has 6 nitrogen and oxygen atoms in total. The summed E-state index contributed by atoms with van der Waals surface area (Å²) in [6, 6.07) is 13.2. The lowest BCUT2D eigenvalue weighted by Gasteiger charge is -2.29. The number of carbonyl (C=O) groups excluding carboxylic acids is 1. The molecule has 0 spiro atoms. The van der Waals surface area contributed by atoms with Gasteiger partial charge in [-0.05, 0) is 54.1 Å². The largest absolute Gasteiger partial charge is 0.496 e. The summed E-state index contributed by atoms with van der Waals surface area (Å²) < 4.78 is 18.3. The van der Waals surface area contributed by atoms with Gasteiger partial charge in [0.15, 0.2) is 5.76 Å². The fraction of sp³-hybridized carbons (Fsp3) is 0.167. The van der Waals surface area contributed by atoms with Crippen LogP contribution >= 0.6 is 15.9 Å². The van der Waals surface area contributed by atoms with Gasteiger partial charge < -0.3 is 14.2 Å². The number of ether oxygens (including phenoxy) is 3. The van der Waals surface area contributed by atoms with Crippen molar-refractivity contribution in [1.29, 1.82) is 0 Å². The molecule has 156 valence electrons. The van der Waals surface area contributed by atoms with Gasteiger partial charge in [-0.25, -0.2) is 0 Å². The van der Waals surface area contributed by atoms with Gasteiger partial charge in [0.1, 0.15) is 24.0 Å². The highest BCUT2D eigenvalue weighted by atomic mass is 79.9. The van der Waals surface area contributed by atoms with E-state index in [2.05, 4.69) is 25.8 Å². The highest BCUT2D eigenvalue weighted by molar-refractivity contribution is 9.10. The first-order valence-electron chi connectivity index (χ1n) is 9.80. The lowest BCUT2D eigenvalue weighted by molar-refractivity contribution is 0.0872. The van der Waals surface area contributed by atoms with E-state index in [0.29, 0.717) is 30.3 Å². The van der Waals surface area contributed by atoms with E-state index in [9.17, 15) is 4.79 Å². The average Bonchev–Trinajstić information content (AvgIpc) is 3.10. The summed E-state index contributed by atoms with van der Waals surface area (Å²) in [5.41, 5.74) is 3.34. The van der Waals surface area contributed by atoms with Gasteiger partial charge in [-0.15, -0.1) is 0 Å². The van der Waals surface area contributed by atoms with E-state index in [1.165, 1.54) is 0 Å². The minimum atomic E-state index is -0.147. The minimum absolute atomic E-state index is 0.147. The third kappa shape index (κ3) is 3.82. The average molecular weight is 479 g/mol. The van der Waals surface area contributed by atoms with E-state index in [1.807, 2.05) is 36.4 Å². The van der Waals surface area contributed by atoms with Gasteiger partial charge in [-0.1, -0.05) is 15.9 Å². The number of hydrogen-bond donors (Lipinski definition) is 0. The normalized spacial score (nSPS) is 16.5. The Labute approximate surface area is 188 Å². The second kappa shape index (κ2) is 8.17. The van der Waals surface area contributed by atoms with E-state index in [1.54, 1.807) is 31.6 Å². The zero-order valence-electron chi connectivity index (χ0n) is 16.8. The topological polar surface area (TPSA) is 60.9 Å². The molecule has 3 heterocycles. The van der Waals surface area contributed by atoms with E-state index in [4.69, 9.17) is 14.2 Å². The number of carbonyl (C=O) groups is 1. The number of aromatic nitrogens is 1. The molecule has 5 rings (SSSR count). The van der Waals surface area contributed by atoms with Gasteiger partial charge in [0.2, 0.25) is 5.78 Å². The number of methoxy groups -OCH3 is 1. The molecule has 2 aliphatic rings. The Morgan fingerprint density at radius 1 is 1.19 bits per heavy atom. The third-order valence-electron chi connectivity index (χ3n) is 5.32. The number of Topliss-reactive ketones (excluding diaryl/α,β-unsaturated/α-hetero) is 1. The molecule has 0 fully saturated rings. The molecule has 0 unspecified atom stereocenters. The lowest BCUT2D eigenvalue weighted by atomic mass is 10.0. The van der Waals surface area contributed by atoms with Crippen molar-refractivity contribution < 1.29 is 19.0 Å². The molecule has 7 heteroatoms. The molecule has 0 aliphatic carbocycles. The standard InChI is InChI=1S/C24H19BrN2O4/c1-29-20-4-2-17(25)10-16(20)11-22-23(28)18-3-5-21-19(24(18)31-22)13-27(14-30-21)12-15-6-8-26-9-7-15/h2-11H,12-14H2,1H3. The number of pyridine rings is 1. The molecule has 0 radical (unpaired) electrons. The van der Waals surface area contributed by atoms with Crippen LogP contribution < -0.4 is 14.2 Å². The highest BCUT2D eigenvalue weighted by Crippen LogP contribution is 2.42. The van der Waals surface area contributed by atoms with Crippen LogP contribution in [0.25, 0.3) is 6.08 Å². The molecule has 3 aromatic rings. The Hall–Kier alpha value is -3.16. The molecule has 1 aromatic heterocycles. The quantitative estimate of drug-likeness (QED) is 0.501. The SMILES string of the molecule is COc1ccc(Br)cc1C=C1Oc2c(ccc3c2CN(Cc2ccncc2)CO3)C1=O. The van der Waals surface area contributed by atoms with Crippen molar-refractivity contribution in [1.82, 2.24) is 9.88 Å². The first-order chi connectivity index (χ1) is 15.1. The van der Waals surface area contributed by atoms with Crippen molar-refractivity contribution in [3.8, 4) is 17.2 Å². The molecule has 2 aliphatic heterocycles. The summed E-state index contributed by atoms with van der Waals surface area (Å²) in [4.78, 5) is 19.3. The summed E-state index contributed by atoms with van der Waals surface area (Å²) in [6.45, 7) is 1.82. The monoisotopic (exact) mass is 478 g/mol. The van der Waals surface area contributed by atoms with E-state index in [0.717, 1.165) is 33.5 Å². The zero-order chi connectivity index (χ0) is 21.4. The fourth-order valence-electron chi connectivity index (χ4n) is 3.81. The highest BCUT2D eigenvalue weighted by Gasteiger charge is 2.33. The summed E-state index contributed by atoms with van der Waals surface area (Å²) in [6.07, 6.45) is 5.28. The summed E-state index contributed by atoms with van der Waals surface area (Å²) in [7, 11) is 1.60. The van der Waals surface area contributed by atoms with Gasteiger partial charge in [0.25, 0.3) is 0 Å². The maximum Gasteiger partial charge on any atom is 0.231 e. The second-order valence-corrected chi connectivity index (χ2v) is 8.28. The first-order valence-corrected chi connectivity index (χ1v) is 10.6. The Bertz CT molecular complexity index is 1190. The second-order valence-electron chi connectivity index (χ2n) is 7.36. The van der Waals surface area contributed by atoms with Crippen LogP contribution in [0.3, 0.4) is 0 Å². The fourth-order valence-corrected chi connectivity index (χ4v) is 4.19. The predicted molar refractivity (Wildman–Crippen MR) is 119 cm³/mol. The van der Waals surface area contributed by atoms with Crippen LogP contribution in [-0.2, 0) is 13.1 Å². The van der Waals surface area contributed by atoms with Crippen LogP contribution in [0.1, 0.15) is 27.0 Å². The van der Waals surface area contributed by atoms with Crippen molar-refractivity contribution in [3.05, 3.63) is 87.3 Å². The molecule has 0 atom stereocenters. The number of halogens is 1. The van der Waals surface area contributed by atoms with Gasteiger partial charge in [0, 0.05) is 35.5 Å². The molecule has 31 heavy (non-hydrogen) atoms. The molecular weight excluding hydrogens is 460 g/mol. The Kier molecular flexibility index (Phi) is 5.21. The number of benzene rings is 2. The third-order valence-corrected chi connectivity index (χ3v) is 5.81. The van der Waals surface area contributed by atoms with Gasteiger partial charge in [-0.2, -0.15) is 0 Å². The number of hydrogen-bond acceptors (Lipinski definition) is 6. The van der Waals surface area contributed by atoms with Crippen molar-refractivity contribution in [3.63, 3.8) is 0 Å². The zero-order valence-corrected chi connectivity index (χ0v) is 18.4. The number of ketones is 1. The van der Waals surface area contributed by atoms with E-state index >= 15 is 0 Å². The van der Waals surface area contributed by atoms with Gasteiger partial charge >= 0.3 is 0 Å². The molecule has 2 aromatic carbocycles. The van der Waals surface area contributed by atoms with Gasteiger partial charge in [-0.3, -0.25) is 14.7 Å². The van der Waals surface area contributed by atoms with Crippen LogP contribution in [0.2, 0.25) is 0 Å². The Morgan fingerprint density at radius 3 is 2.84 bits per heavy atom. The van der Waals surface area contributed by atoms with E-state index < -0.39 is 0 Å². The van der Waals surface area contributed by atoms with E-state index in [-0.39, 0.29) is 11.5 Å². The van der Waals surface area contributed by atoms with Crippen LogP contribution in [0, 0.1) is 0 Å². The molecule has 0 bridgehead atoms. The molecule has 0 saturated heterocycles. The summed E-state index contributed by atoms with van der Waals surface area (Å²) in [5, 5.41) is 0. The molecular formula is C24H19BrN2O4. The summed E-state index contributed by atoms with van der Waals surface area (Å²) in [5.74, 6) is 2.11. The molecule has 0 amide bonds. The van der Waals surface area contributed by atoms with Gasteiger partial charge in [0.05, 0.1) is 18.2 Å². The molecule has 0 N–H and O–H groups in total. The number of rotatable bonds is 4. The van der Waals surface area contributed by atoms with Crippen molar-refractivity contribution >= 4 is 27.8 Å². The maximum atomic E-state index is 13.0. The Morgan fingerprint density at radius 2 is 2.03 bits per heavy atom. The van der Waals surface area contributed by atoms with Crippen molar-refractivity contribution in [2.24, 2.45) is 0 Å². The van der Waals surface area contributed by atoms with Crippen LogP contribution in [-0.4, -0.2) is 29.5 Å². The van der Waals surface area contributed by atoms with Crippen LogP contribution in [0.15, 0.2) is 65.1 Å². The predicted octanol–water partition coefficient (Wildman–Crippen LogP) is 4.82. The maximum absolute atomic E-state index is 13.0. The number of allylic oxidation sites excluding steroid dienone is 1. The summed E-state index contributed by atoms with van der Waals surface area (Å²) >= 11 is 3.46. The first kappa shape index (κ1) is 19.8. The van der Waals surface area contributed by atoms with Crippen molar-refractivity contribution in [2.75, 3.05) is 13.8 Å². The lowest BCUT2D eigenvalue weighted by Crippen LogP contribution is -2.31. The number of fused-ring (bicyclic) bond motifs is 3. The molecule has 0 saturated carbocycles. The minimum Gasteiger partial charge on any atom is -0.496 e. The van der Waals surface area contributed by atoms with Crippen LogP contribution in [0.5, 0.6) is 17.2 Å².